The van der Waals surface area contributed by atoms with E-state index in [1.54, 1.807) is 0 Å². The summed E-state index contributed by atoms with van der Waals surface area (Å²) >= 11 is 0. The average molecular weight is 361 g/mol. The van der Waals surface area contributed by atoms with Crippen molar-refractivity contribution in [3.8, 4) is 5.75 Å². The van der Waals surface area contributed by atoms with E-state index >= 15 is 0 Å². The highest BCUT2D eigenvalue weighted by molar-refractivity contribution is 5.27. The highest BCUT2D eigenvalue weighted by Crippen LogP contribution is 2.35. The normalized spacial score (nSPS) is 29.9. The van der Waals surface area contributed by atoms with Crippen molar-refractivity contribution >= 4 is 0 Å². The topological polar surface area (TPSA) is 62.2 Å². The van der Waals surface area contributed by atoms with Crippen LogP contribution in [-0.2, 0) is 11.3 Å². The molecule has 0 unspecified atom stereocenters. The highest BCUT2D eigenvalue weighted by Gasteiger charge is 2.42. The van der Waals surface area contributed by atoms with Crippen molar-refractivity contribution in [1.82, 2.24) is 4.90 Å². The summed E-state index contributed by atoms with van der Waals surface area (Å²) in [4.78, 5) is 2.44. The number of ether oxygens (including phenoxy) is 2. The Morgan fingerprint density at radius 2 is 1.73 bits per heavy atom. The lowest BCUT2D eigenvalue weighted by Gasteiger charge is -2.46. The lowest BCUT2D eigenvalue weighted by molar-refractivity contribution is -0.188. The zero-order valence-corrected chi connectivity index (χ0v) is 15.5. The van der Waals surface area contributed by atoms with Gasteiger partial charge in [-0.25, -0.2) is 0 Å². The summed E-state index contributed by atoms with van der Waals surface area (Å²) in [5, 5.41) is 19.6. The predicted molar refractivity (Wildman–Crippen MR) is 99.2 cm³/mol. The minimum absolute atomic E-state index is 0.242. The van der Waals surface area contributed by atoms with Gasteiger partial charge in [0.2, 0.25) is 0 Å². The molecule has 2 aliphatic heterocycles. The number of aliphatic hydroxyl groups is 2. The maximum Gasteiger partial charge on any atom is 0.119 e. The van der Waals surface area contributed by atoms with E-state index in [2.05, 4.69) is 29.2 Å². The molecular weight excluding hydrogens is 330 g/mol. The van der Waals surface area contributed by atoms with Crippen LogP contribution in [0.15, 0.2) is 24.3 Å². The Morgan fingerprint density at radius 3 is 2.38 bits per heavy atom. The minimum Gasteiger partial charge on any atom is -0.490 e. The van der Waals surface area contributed by atoms with Crippen LogP contribution in [0.3, 0.4) is 0 Å². The Kier molecular flexibility index (Phi) is 5.50. The first-order valence-corrected chi connectivity index (χ1v) is 10.1. The molecule has 4 rings (SSSR count). The molecule has 1 aromatic carbocycles. The van der Waals surface area contributed by atoms with Gasteiger partial charge in [-0.2, -0.15) is 0 Å². The van der Waals surface area contributed by atoms with Crippen LogP contribution in [0.25, 0.3) is 0 Å². The summed E-state index contributed by atoms with van der Waals surface area (Å²) in [6, 6.07) is 8.54. The van der Waals surface area contributed by atoms with Crippen LogP contribution in [0.5, 0.6) is 5.75 Å². The van der Waals surface area contributed by atoms with Crippen molar-refractivity contribution in [2.45, 2.75) is 75.4 Å². The Labute approximate surface area is 155 Å². The van der Waals surface area contributed by atoms with Gasteiger partial charge in [-0.3, -0.25) is 4.90 Å². The number of aliphatic hydroxyl groups excluding tert-OH is 2. The number of benzene rings is 1. The summed E-state index contributed by atoms with van der Waals surface area (Å²) in [5.41, 5.74) is 1.06. The molecule has 5 nitrogen and oxygen atoms in total. The number of hydrogen-bond donors (Lipinski definition) is 2. The van der Waals surface area contributed by atoms with Gasteiger partial charge in [0, 0.05) is 26.1 Å². The molecule has 5 heteroatoms. The van der Waals surface area contributed by atoms with Gasteiger partial charge < -0.3 is 19.7 Å². The maximum atomic E-state index is 9.97. The third-order valence-corrected chi connectivity index (χ3v) is 6.29. The zero-order valence-electron chi connectivity index (χ0n) is 15.5. The van der Waals surface area contributed by atoms with E-state index < -0.39 is 12.2 Å². The van der Waals surface area contributed by atoms with Gasteiger partial charge in [0.1, 0.15) is 11.9 Å². The fraction of sp³-hybridized carbons (Fsp3) is 0.714. The Morgan fingerprint density at radius 1 is 1.04 bits per heavy atom. The van der Waals surface area contributed by atoms with Crippen molar-refractivity contribution < 1.29 is 19.7 Å². The molecule has 1 aliphatic carbocycles. The molecule has 0 aromatic heterocycles. The van der Waals surface area contributed by atoms with Gasteiger partial charge in [-0.15, -0.1) is 0 Å². The second kappa shape index (κ2) is 7.85. The van der Waals surface area contributed by atoms with E-state index in [1.807, 2.05) is 0 Å². The molecule has 1 spiro atoms. The molecular formula is C21H31NO4. The third-order valence-electron chi connectivity index (χ3n) is 6.29. The lowest BCUT2D eigenvalue weighted by Crippen LogP contribution is -2.54. The van der Waals surface area contributed by atoms with Crippen LogP contribution in [0.1, 0.15) is 50.5 Å². The van der Waals surface area contributed by atoms with Crippen LogP contribution in [0, 0.1) is 0 Å². The quantitative estimate of drug-likeness (QED) is 0.863. The van der Waals surface area contributed by atoms with Gasteiger partial charge in [-0.1, -0.05) is 12.1 Å². The fourth-order valence-electron chi connectivity index (χ4n) is 4.55. The van der Waals surface area contributed by atoms with E-state index in [9.17, 15) is 10.2 Å². The molecule has 3 aliphatic rings. The molecule has 144 valence electrons. The van der Waals surface area contributed by atoms with Gasteiger partial charge in [-0.05, 0) is 56.2 Å². The number of rotatable bonds is 4. The van der Waals surface area contributed by atoms with Crippen LogP contribution in [-0.4, -0.2) is 58.7 Å². The molecule has 26 heavy (non-hydrogen) atoms. The summed E-state index contributed by atoms with van der Waals surface area (Å²) < 4.78 is 12.0. The van der Waals surface area contributed by atoms with Crippen LogP contribution in [0.4, 0.5) is 0 Å². The monoisotopic (exact) mass is 361 g/mol. The van der Waals surface area contributed by atoms with E-state index in [1.165, 1.54) is 31.2 Å². The van der Waals surface area contributed by atoms with Crippen LogP contribution < -0.4 is 4.74 Å². The molecule has 0 radical (unpaired) electrons. The summed E-state index contributed by atoms with van der Waals surface area (Å²) in [6.07, 6.45) is 6.36. The second-order valence-corrected chi connectivity index (χ2v) is 8.28. The number of nitrogens with zero attached hydrogens (tertiary/aromatic N) is 1. The van der Waals surface area contributed by atoms with Crippen LogP contribution >= 0.6 is 0 Å². The second-order valence-electron chi connectivity index (χ2n) is 8.28. The molecule has 2 atom stereocenters. The van der Waals surface area contributed by atoms with E-state index in [0.29, 0.717) is 12.5 Å². The molecule has 2 saturated heterocycles. The molecule has 3 fully saturated rings. The number of piperidine rings is 1. The van der Waals surface area contributed by atoms with Gasteiger partial charge in [0.15, 0.2) is 0 Å². The van der Waals surface area contributed by atoms with Crippen molar-refractivity contribution in [3.63, 3.8) is 0 Å². The first-order valence-electron chi connectivity index (χ1n) is 10.1. The lowest BCUT2D eigenvalue weighted by atomic mass is 9.82. The molecule has 1 saturated carbocycles. The first-order chi connectivity index (χ1) is 12.6. The maximum absolute atomic E-state index is 9.97. The minimum atomic E-state index is -0.733. The van der Waals surface area contributed by atoms with E-state index in [-0.39, 0.29) is 12.2 Å². The van der Waals surface area contributed by atoms with Gasteiger partial charge in [0.25, 0.3) is 0 Å². The predicted octanol–water partition coefficient (Wildman–Crippen LogP) is 2.48. The first kappa shape index (κ1) is 18.2. The SMILES string of the molecule is O[C@@H]1CC2(CCN(Cc3ccc(OC4CCCC4)cc3)CC2)OC[C@@H]1O. The average Bonchev–Trinajstić information content (AvgIpc) is 3.15. The van der Waals surface area contributed by atoms with Crippen molar-refractivity contribution in [2.75, 3.05) is 19.7 Å². The fourth-order valence-corrected chi connectivity index (χ4v) is 4.55. The molecule has 0 bridgehead atoms. The Hall–Kier alpha value is -1.14. The molecule has 1 aromatic rings. The van der Waals surface area contributed by atoms with Crippen molar-refractivity contribution in [1.29, 1.82) is 0 Å². The van der Waals surface area contributed by atoms with Crippen LogP contribution in [0.2, 0.25) is 0 Å². The summed E-state index contributed by atoms with van der Waals surface area (Å²) in [7, 11) is 0. The Balaban J connectivity index is 1.26. The molecule has 2 N–H and O–H groups in total. The zero-order chi connectivity index (χ0) is 18.0. The Bertz CT molecular complexity index is 576. The van der Waals surface area contributed by atoms with Crippen molar-refractivity contribution in [3.05, 3.63) is 29.8 Å². The standard InChI is InChI=1S/C21H31NO4/c23-19-13-21(25-15-20(19)24)9-11-22(12-10-21)14-16-5-7-18(8-6-16)26-17-3-1-2-4-17/h5-8,17,19-20,23-24H,1-4,9-15H2/t19-,20+/m1/s1. The number of hydrogen-bond acceptors (Lipinski definition) is 5. The summed E-state index contributed by atoms with van der Waals surface area (Å²) in [5.74, 6) is 0.987. The van der Waals surface area contributed by atoms with Gasteiger partial charge >= 0.3 is 0 Å². The van der Waals surface area contributed by atoms with E-state index in [4.69, 9.17) is 9.47 Å². The third kappa shape index (κ3) is 4.22. The molecule has 2 heterocycles. The highest BCUT2D eigenvalue weighted by atomic mass is 16.5. The molecule has 0 amide bonds. The summed E-state index contributed by atoms with van der Waals surface area (Å²) in [6.45, 7) is 3.11. The largest absolute Gasteiger partial charge is 0.490 e. The van der Waals surface area contributed by atoms with Crippen molar-refractivity contribution in [2.24, 2.45) is 0 Å². The smallest absolute Gasteiger partial charge is 0.119 e. The van der Waals surface area contributed by atoms with E-state index in [0.717, 1.165) is 38.2 Å². The number of likely N-dealkylation sites (tertiary alicyclic amines) is 1. The van der Waals surface area contributed by atoms with Gasteiger partial charge in [0.05, 0.1) is 24.4 Å².